The highest BCUT2D eigenvalue weighted by Crippen LogP contribution is 2.34. The topological polar surface area (TPSA) is 117 Å². The van der Waals surface area contributed by atoms with E-state index in [0.717, 1.165) is 28.5 Å². The first-order valence-electron chi connectivity index (χ1n) is 9.69. The maximum absolute atomic E-state index is 10.4. The number of nitrogens with zero attached hydrogens (tertiary/aromatic N) is 2. The molecule has 1 aliphatic heterocycles. The number of imidazole rings is 1. The van der Waals surface area contributed by atoms with Crippen molar-refractivity contribution in [3.8, 4) is 5.75 Å². The molecule has 0 aliphatic carbocycles. The van der Waals surface area contributed by atoms with Gasteiger partial charge in [0.1, 0.15) is 42.2 Å². The number of rotatable bonds is 7. The van der Waals surface area contributed by atoms with Crippen molar-refractivity contribution in [1.29, 1.82) is 0 Å². The van der Waals surface area contributed by atoms with Gasteiger partial charge in [-0.1, -0.05) is 42.1 Å². The number of aromatic nitrogens is 2. The minimum Gasteiger partial charge on any atom is -0.492 e. The average Bonchev–Trinajstić information content (AvgIpc) is 3.12. The fraction of sp³-hybridized carbons (Fsp3) is 0.381. The van der Waals surface area contributed by atoms with Crippen LogP contribution in [-0.2, 0) is 11.3 Å². The van der Waals surface area contributed by atoms with Gasteiger partial charge >= 0.3 is 0 Å². The van der Waals surface area contributed by atoms with Crippen LogP contribution in [0.5, 0.6) is 5.75 Å². The predicted molar refractivity (Wildman–Crippen MR) is 111 cm³/mol. The Labute approximate surface area is 177 Å². The number of thioether (sulfide) groups is 1. The zero-order valence-corrected chi connectivity index (χ0v) is 16.9. The number of hydrogen-bond acceptors (Lipinski definition) is 8. The van der Waals surface area contributed by atoms with Crippen molar-refractivity contribution < 1.29 is 29.9 Å². The van der Waals surface area contributed by atoms with Crippen molar-refractivity contribution in [2.45, 2.75) is 41.6 Å². The second kappa shape index (κ2) is 9.34. The summed E-state index contributed by atoms with van der Waals surface area (Å²) in [5.41, 5.74) is 0.789. The van der Waals surface area contributed by atoms with Gasteiger partial charge in [-0.05, 0) is 24.3 Å². The Bertz CT molecular complexity index is 967. The molecule has 5 unspecified atom stereocenters. The van der Waals surface area contributed by atoms with E-state index in [4.69, 9.17) is 9.47 Å². The predicted octanol–water partition coefficient (Wildman–Crippen LogP) is 1.01. The van der Waals surface area contributed by atoms with Crippen molar-refractivity contribution in [3.63, 3.8) is 0 Å². The molecule has 9 heteroatoms. The number of benzene rings is 2. The molecular formula is C21H24N2O6S. The van der Waals surface area contributed by atoms with Gasteiger partial charge in [0.15, 0.2) is 5.16 Å². The third kappa shape index (κ3) is 4.31. The molecule has 0 amide bonds. The lowest BCUT2D eigenvalue weighted by molar-refractivity contribution is -0.205. The van der Waals surface area contributed by atoms with E-state index in [1.165, 1.54) is 0 Å². The molecule has 0 saturated carbocycles. The van der Waals surface area contributed by atoms with Gasteiger partial charge in [0, 0.05) is 0 Å². The molecule has 4 rings (SSSR count). The number of aliphatic hydroxyl groups is 4. The van der Waals surface area contributed by atoms with E-state index in [-0.39, 0.29) is 0 Å². The monoisotopic (exact) mass is 432 g/mol. The Morgan fingerprint density at radius 2 is 1.70 bits per heavy atom. The Hall–Kier alpha value is -2.14. The summed E-state index contributed by atoms with van der Waals surface area (Å²) in [5, 5.41) is 40.4. The molecule has 3 aromatic rings. The van der Waals surface area contributed by atoms with Gasteiger partial charge in [-0.15, -0.1) is 0 Å². The summed E-state index contributed by atoms with van der Waals surface area (Å²) in [5.74, 6) is 0.769. The summed E-state index contributed by atoms with van der Waals surface area (Å²) in [6.45, 7) is 0.450. The lowest BCUT2D eigenvalue weighted by Crippen LogP contribution is -2.57. The number of ether oxygens (including phenoxy) is 2. The Morgan fingerprint density at radius 3 is 2.47 bits per heavy atom. The third-order valence-corrected chi connectivity index (χ3v) is 6.16. The van der Waals surface area contributed by atoms with Crippen molar-refractivity contribution in [2.24, 2.45) is 0 Å². The van der Waals surface area contributed by atoms with Gasteiger partial charge in [0.05, 0.1) is 24.2 Å². The summed E-state index contributed by atoms with van der Waals surface area (Å²) >= 11 is 1.14. The fourth-order valence-electron chi connectivity index (χ4n) is 3.40. The zero-order valence-electron chi connectivity index (χ0n) is 16.1. The first kappa shape index (κ1) is 21.1. The smallest absolute Gasteiger partial charge is 0.171 e. The van der Waals surface area contributed by atoms with Crippen LogP contribution in [0, 0.1) is 0 Å². The molecule has 30 heavy (non-hydrogen) atoms. The molecule has 1 aromatic heterocycles. The molecule has 0 radical (unpaired) electrons. The summed E-state index contributed by atoms with van der Waals surface area (Å²) in [7, 11) is 0. The zero-order chi connectivity index (χ0) is 21.1. The summed E-state index contributed by atoms with van der Waals surface area (Å²) in [6, 6.07) is 17.1. The maximum Gasteiger partial charge on any atom is 0.171 e. The Kier molecular flexibility index (Phi) is 6.57. The molecular weight excluding hydrogens is 408 g/mol. The molecule has 1 fully saturated rings. The van der Waals surface area contributed by atoms with Gasteiger partial charge in [-0.2, -0.15) is 0 Å². The minimum atomic E-state index is -1.42. The standard InChI is InChI=1S/C21H24N2O6S/c24-12-16-17(25)18(26)19(27)20(29-16)30-21-22-14-8-4-5-9-15(14)23(21)10-11-28-13-6-2-1-3-7-13/h1-9,16-20,24-27H,10-12H2. The molecule has 4 N–H and O–H groups in total. The highest BCUT2D eigenvalue weighted by Gasteiger charge is 2.44. The van der Waals surface area contributed by atoms with Crippen molar-refractivity contribution in [3.05, 3.63) is 54.6 Å². The number of fused-ring (bicyclic) bond motifs is 1. The summed E-state index contributed by atoms with van der Waals surface area (Å²) in [4.78, 5) is 4.63. The molecule has 2 aromatic carbocycles. The average molecular weight is 432 g/mol. The molecule has 160 valence electrons. The number of hydrogen-bond donors (Lipinski definition) is 4. The summed E-state index contributed by atoms with van der Waals surface area (Å²) < 4.78 is 13.4. The van der Waals surface area contributed by atoms with Crippen molar-refractivity contribution in [2.75, 3.05) is 13.2 Å². The van der Waals surface area contributed by atoms with Crippen molar-refractivity contribution in [1.82, 2.24) is 9.55 Å². The van der Waals surface area contributed by atoms with Gasteiger partial charge in [-0.25, -0.2) is 4.98 Å². The Morgan fingerprint density at radius 1 is 0.967 bits per heavy atom. The van der Waals surface area contributed by atoms with Crippen LogP contribution < -0.4 is 4.74 Å². The van der Waals surface area contributed by atoms with Crippen LogP contribution in [0.2, 0.25) is 0 Å². The van der Waals surface area contributed by atoms with E-state index < -0.39 is 36.5 Å². The van der Waals surface area contributed by atoms with Crippen LogP contribution in [0.15, 0.2) is 59.8 Å². The maximum atomic E-state index is 10.4. The molecule has 1 saturated heterocycles. The first-order chi connectivity index (χ1) is 14.6. The normalized spacial score (nSPS) is 26.7. The van der Waals surface area contributed by atoms with Crippen LogP contribution in [0.25, 0.3) is 11.0 Å². The highest BCUT2D eigenvalue weighted by atomic mass is 32.2. The van der Waals surface area contributed by atoms with E-state index in [1.54, 1.807) is 0 Å². The molecule has 8 nitrogen and oxygen atoms in total. The first-order valence-corrected chi connectivity index (χ1v) is 10.6. The van der Waals surface area contributed by atoms with Crippen LogP contribution in [0.4, 0.5) is 0 Å². The molecule has 0 spiro atoms. The molecule has 0 bridgehead atoms. The molecule has 1 aliphatic rings. The molecule has 5 atom stereocenters. The minimum absolute atomic E-state index is 0.409. The number of para-hydroxylation sites is 3. The number of aliphatic hydroxyl groups excluding tert-OH is 4. The Balaban J connectivity index is 1.55. The van der Waals surface area contributed by atoms with Crippen LogP contribution in [-0.4, -0.2) is 73.0 Å². The van der Waals surface area contributed by atoms with E-state index in [9.17, 15) is 20.4 Å². The largest absolute Gasteiger partial charge is 0.492 e. The highest BCUT2D eigenvalue weighted by molar-refractivity contribution is 7.99. The second-order valence-electron chi connectivity index (χ2n) is 7.01. The van der Waals surface area contributed by atoms with Gasteiger partial charge < -0.3 is 34.5 Å². The van der Waals surface area contributed by atoms with E-state index in [0.29, 0.717) is 18.3 Å². The van der Waals surface area contributed by atoms with Gasteiger partial charge in [0.25, 0.3) is 0 Å². The van der Waals surface area contributed by atoms with Crippen LogP contribution >= 0.6 is 11.8 Å². The van der Waals surface area contributed by atoms with Gasteiger partial charge in [-0.3, -0.25) is 0 Å². The lowest BCUT2D eigenvalue weighted by Gasteiger charge is -2.39. The van der Waals surface area contributed by atoms with E-state index >= 15 is 0 Å². The SMILES string of the molecule is OCC1OC(Sc2nc3ccccc3n2CCOc2ccccc2)C(O)C(O)C1O. The summed E-state index contributed by atoms with van der Waals surface area (Å²) in [6.07, 6.45) is -5.10. The van der Waals surface area contributed by atoms with E-state index in [2.05, 4.69) is 4.98 Å². The second-order valence-corrected chi connectivity index (χ2v) is 8.08. The molecule has 2 heterocycles. The quantitative estimate of drug-likeness (QED) is 0.437. The van der Waals surface area contributed by atoms with Gasteiger partial charge in [0.2, 0.25) is 0 Å². The van der Waals surface area contributed by atoms with Crippen molar-refractivity contribution >= 4 is 22.8 Å². The van der Waals surface area contributed by atoms with Crippen LogP contribution in [0.3, 0.4) is 0 Å². The van der Waals surface area contributed by atoms with E-state index in [1.807, 2.05) is 59.2 Å². The fourth-order valence-corrected chi connectivity index (χ4v) is 4.57. The van der Waals surface area contributed by atoms with Crippen LogP contribution in [0.1, 0.15) is 0 Å². The lowest BCUT2D eigenvalue weighted by atomic mass is 10.0. The third-order valence-electron chi connectivity index (χ3n) is 5.02.